The first-order chi connectivity index (χ1) is 8.95. The molecule has 0 aliphatic rings. The van der Waals surface area contributed by atoms with Gasteiger partial charge in [0, 0.05) is 11.8 Å². The summed E-state index contributed by atoms with van der Waals surface area (Å²) in [6, 6.07) is 6.44. The molecule has 5 nitrogen and oxygen atoms in total. The van der Waals surface area contributed by atoms with Gasteiger partial charge in [0.1, 0.15) is 11.6 Å². The van der Waals surface area contributed by atoms with E-state index in [-0.39, 0.29) is 5.56 Å². The number of hydrogen-bond acceptors (Lipinski definition) is 4. The van der Waals surface area contributed by atoms with Gasteiger partial charge >= 0.3 is 5.97 Å². The molecule has 0 fully saturated rings. The van der Waals surface area contributed by atoms with Crippen LogP contribution in [0.3, 0.4) is 0 Å². The van der Waals surface area contributed by atoms with Gasteiger partial charge in [-0.2, -0.15) is 4.98 Å². The molecule has 1 aromatic carbocycles. The molecule has 0 radical (unpaired) electrons. The molecule has 1 N–H and O–H groups in total. The molecule has 0 atom stereocenters. The molecule has 0 saturated heterocycles. The third-order valence-electron chi connectivity index (χ3n) is 2.58. The van der Waals surface area contributed by atoms with Crippen molar-refractivity contribution in [3.05, 3.63) is 46.9 Å². The van der Waals surface area contributed by atoms with E-state index in [2.05, 4.69) is 9.97 Å². The number of aryl methyl sites for hydroxylation is 3. The average Bonchev–Trinajstić information content (AvgIpc) is 2.30. The largest absolute Gasteiger partial charge is 0.478 e. The number of benzene rings is 1. The van der Waals surface area contributed by atoms with E-state index in [9.17, 15) is 4.79 Å². The van der Waals surface area contributed by atoms with Crippen LogP contribution >= 0.6 is 0 Å². The maximum Gasteiger partial charge on any atom is 0.335 e. The van der Waals surface area contributed by atoms with Crippen molar-refractivity contribution < 1.29 is 14.6 Å². The highest BCUT2D eigenvalue weighted by atomic mass is 16.5. The van der Waals surface area contributed by atoms with Crippen LogP contribution in [0.15, 0.2) is 24.3 Å². The third kappa shape index (κ3) is 3.07. The van der Waals surface area contributed by atoms with Gasteiger partial charge in [-0.15, -0.1) is 0 Å². The van der Waals surface area contributed by atoms with Crippen molar-refractivity contribution in [3.63, 3.8) is 0 Å². The Balaban J connectivity index is 2.30. The molecule has 0 unspecified atom stereocenters. The van der Waals surface area contributed by atoms with Crippen molar-refractivity contribution >= 4 is 5.97 Å². The van der Waals surface area contributed by atoms with E-state index in [1.807, 2.05) is 6.92 Å². The van der Waals surface area contributed by atoms with E-state index in [4.69, 9.17) is 9.84 Å². The minimum atomic E-state index is -0.955. The number of carboxylic acids is 1. The maximum absolute atomic E-state index is 10.9. The zero-order chi connectivity index (χ0) is 14.0. The Kier molecular flexibility index (Phi) is 3.46. The van der Waals surface area contributed by atoms with E-state index in [0.29, 0.717) is 17.5 Å². The summed E-state index contributed by atoms with van der Waals surface area (Å²) >= 11 is 0. The second-order valence-corrected chi connectivity index (χ2v) is 4.28. The first-order valence-corrected chi connectivity index (χ1v) is 5.80. The number of ether oxygens (including phenoxy) is 1. The predicted octanol–water partition coefficient (Wildman–Crippen LogP) is 2.89. The standard InChI is InChI=1S/C14H14N2O3/c1-8-6-11(14(17)18)4-5-12(8)19-13-7-9(2)15-10(3)16-13/h4-7H,1-3H3,(H,17,18). The lowest BCUT2D eigenvalue weighted by Crippen LogP contribution is -1.99. The number of carbonyl (C=O) groups is 1. The van der Waals surface area contributed by atoms with Crippen LogP contribution in [-0.2, 0) is 0 Å². The Hall–Kier alpha value is -2.43. The van der Waals surface area contributed by atoms with Crippen LogP contribution in [0.25, 0.3) is 0 Å². The van der Waals surface area contributed by atoms with Gasteiger partial charge in [0.25, 0.3) is 0 Å². The summed E-state index contributed by atoms with van der Waals surface area (Å²) in [5, 5.41) is 8.90. The van der Waals surface area contributed by atoms with Crippen LogP contribution < -0.4 is 4.74 Å². The number of carboxylic acid groups (broad SMARTS) is 1. The lowest BCUT2D eigenvalue weighted by molar-refractivity contribution is 0.0697. The Morgan fingerprint density at radius 2 is 1.89 bits per heavy atom. The molecule has 0 spiro atoms. The van der Waals surface area contributed by atoms with Crippen LogP contribution in [0, 0.1) is 20.8 Å². The molecule has 0 bridgehead atoms. The second-order valence-electron chi connectivity index (χ2n) is 4.28. The highest BCUT2D eigenvalue weighted by molar-refractivity contribution is 5.88. The summed E-state index contributed by atoms with van der Waals surface area (Å²) in [7, 11) is 0. The van der Waals surface area contributed by atoms with Crippen molar-refractivity contribution in [2.45, 2.75) is 20.8 Å². The molecule has 19 heavy (non-hydrogen) atoms. The van der Waals surface area contributed by atoms with Crippen LogP contribution in [0.4, 0.5) is 0 Å². The van der Waals surface area contributed by atoms with Gasteiger partial charge in [-0.3, -0.25) is 0 Å². The Bertz CT molecular complexity index is 618. The van der Waals surface area contributed by atoms with E-state index >= 15 is 0 Å². The lowest BCUT2D eigenvalue weighted by Gasteiger charge is -2.09. The van der Waals surface area contributed by atoms with Gasteiger partial charge in [0.2, 0.25) is 5.88 Å². The minimum Gasteiger partial charge on any atom is -0.478 e. The molecule has 98 valence electrons. The number of aromatic nitrogens is 2. The SMILES string of the molecule is Cc1cc(Oc2ccc(C(=O)O)cc2C)nc(C)n1. The fourth-order valence-electron chi connectivity index (χ4n) is 1.74. The summed E-state index contributed by atoms with van der Waals surface area (Å²) in [5.41, 5.74) is 1.80. The third-order valence-corrected chi connectivity index (χ3v) is 2.58. The number of rotatable bonds is 3. The lowest BCUT2D eigenvalue weighted by atomic mass is 10.1. The minimum absolute atomic E-state index is 0.236. The van der Waals surface area contributed by atoms with Crippen molar-refractivity contribution in [1.29, 1.82) is 0 Å². The summed E-state index contributed by atoms with van der Waals surface area (Å²) in [4.78, 5) is 19.2. The Morgan fingerprint density at radius 1 is 1.16 bits per heavy atom. The highest BCUT2D eigenvalue weighted by Gasteiger charge is 2.08. The smallest absolute Gasteiger partial charge is 0.335 e. The monoisotopic (exact) mass is 258 g/mol. The van der Waals surface area contributed by atoms with Crippen molar-refractivity contribution in [3.8, 4) is 11.6 Å². The zero-order valence-electron chi connectivity index (χ0n) is 11.0. The zero-order valence-corrected chi connectivity index (χ0v) is 11.0. The van der Waals surface area contributed by atoms with Crippen LogP contribution in [-0.4, -0.2) is 21.0 Å². The molecular formula is C14H14N2O3. The fraction of sp³-hybridized carbons (Fsp3) is 0.214. The van der Waals surface area contributed by atoms with Gasteiger partial charge in [0.05, 0.1) is 5.56 Å². The predicted molar refractivity (Wildman–Crippen MR) is 69.7 cm³/mol. The van der Waals surface area contributed by atoms with Gasteiger partial charge in [-0.1, -0.05) is 0 Å². The number of hydrogen-bond donors (Lipinski definition) is 1. The molecule has 0 aliphatic heterocycles. The normalized spacial score (nSPS) is 10.3. The maximum atomic E-state index is 10.9. The summed E-state index contributed by atoms with van der Waals surface area (Å²) in [6.07, 6.45) is 0. The van der Waals surface area contributed by atoms with E-state index in [1.165, 1.54) is 6.07 Å². The van der Waals surface area contributed by atoms with Crippen LogP contribution in [0.1, 0.15) is 27.4 Å². The first-order valence-electron chi connectivity index (χ1n) is 5.80. The number of nitrogens with zero attached hydrogens (tertiary/aromatic N) is 2. The highest BCUT2D eigenvalue weighted by Crippen LogP contribution is 2.24. The Labute approximate surface area is 110 Å². The van der Waals surface area contributed by atoms with Gasteiger partial charge < -0.3 is 9.84 Å². The molecule has 0 saturated carbocycles. The van der Waals surface area contributed by atoms with Crippen molar-refractivity contribution in [1.82, 2.24) is 9.97 Å². The Morgan fingerprint density at radius 3 is 2.47 bits per heavy atom. The van der Waals surface area contributed by atoms with Gasteiger partial charge in [-0.05, 0) is 44.5 Å². The summed E-state index contributed by atoms with van der Waals surface area (Å²) in [5.74, 6) is 0.719. The molecule has 1 heterocycles. The first kappa shape index (κ1) is 13.0. The summed E-state index contributed by atoms with van der Waals surface area (Å²) < 4.78 is 5.66. The fourth-order valence-corrected chi connectivity index (χ4v) is 1.74. The molecule has 5 heteroatoms. The van der Waals surface area contributed by atoms with E-state index in [1.54, 1.807) is 32.0 Å². The summed E-state index contributed by atoms with van der Waals surface area (Å²) in [6.45, 7) is 5.45. The van der Waals surface area contributed by atoms with Crippen LogP contribution in [0.2, 0.25) is 0 Å². The molecule has 1 aromatic heterocycles. The topological polar surface area (TPSA) is 72.3 Å². The quantitative estimate of drug-likeness (QED) is 0.916. The van der Waals surface area contributed by atoms with Gasteiger partial charge in [-0.25, -0.2) is 9.78 Å². The molecule has 2 rings (SSSR count). The van der Waals surface area contributed by atoms with Crippen LogP contribution in [0.5, 0.6) is 11.6 Å². The molecule has 0 amide bonds. The molecule has 2 aromatic rings. The average molecular weight is 258 g/mol. The molecule has 0 aliphatic carbocycles. The van der Waals surface area contributed by atoms with Crippen molar-refractivity contribution in [2.75, 3.05) is 0 Å². The number of aromatic carboxylic acids is 1. The van der Waals surface area contributed by atoms with E-state index < -0.39 is 5.97 Å². The van der Waals surface area contributed by atoms with Crippen molar-refractivity contribution in [2.24, 2.45) is 0 Å². The van der Waals surface area contributed by atoms with E-state index in [0.717, 1.165) is 11.3 Å². The molecular weight excluding hydrogens is 244 g/mol. The second kappa shape index (κ2) is 5.06. The van der Waals surface area contributed by atoms with Gasteiger partial charge in [0.15, 0.2) is 0 Å².